The van der Waals surface area contributed by atoms with Crippen LogP contribution < -0.4 is 0 Å². The molecule has 0 aliphatic heterocycles. The molecule has 0 radical (unpaired) electrons. The maximum atomic E-state index is 2.29. The Bertz CT molecular complexity index is 455. The molecule has 0 atom stereocenters. The molecular formula is C18H24. The first-order chi connectivity index (χ1) is 8.67. The Labute approximate surface area is 112 Å². The zero-order chi connectivity index (χ0) is 13.4. The zero-order valence-electron chi connectivity index (χ0n) is 12.0. The van der Waals surface area contributed by atoms with Crippen molar-refractivity contribution < 1.29 is 0 Å². The topological polar surface area (TPSA) is 0 Å². The van der Waals surface area contributed by atoms with Crippen molar-refractivity contribution in [2.24, 2.45) is 0 Å². The van der Waals surface area contributed by atoms with E-state index >= 15 is 0 Å². The molecule has 2 rings (SSSR count). The summed E-state index contributed by atoms with van der Waals surface area (Å²) < 4.78 is 0. The molecular weight excluding hydrogens is 216 g/mol. The fraction of sp³-hybridized carbons (Fsp3) is 0.333. The van der Waals surface area contributed by atoms with Crippen molar-refractivity contribution in [3.8, 4) is 0 Å². The highest BCUT2D eigenvalue weighted by Crippen LogP contribution is 2.12. The van der Waals surface area contributed by atoms with Crippen LogP contribution in [0, 0.1) is 13.8 Å². The number of hydrogen-bond acceptors (Lipinski definition) is 0. The second-order valence-corrected chi connectivity index (χ2v) is 4.63. The van der Waals surface area contributed by atoms with E-state index in [9.17, 15) is 0 Å². The lowest BCUT2D eigenvalue weighted by Gasteiger charge is -2.05. The summed E-state index contributed by atoms with van der Waals surface area (Å²) >= 11 is 0. The lowest BCUT2D eigenvalue weighted by atomic mass is 10.0. The first-order valence-electron chi connectivity index (χ1n) is 6.77. The molecule has 96 valence electrons. The van der Waals surface area contributed by atoms with Gasteiger partial charge in [0, 0.05) is 0 Å². The molecule has 0 heterocycles. The lowest BCUT2D eigenvalue weighted by molar-refractivity contribution is 1.03. The van der Waals surface area contributed by atoms with E-state index < -0.39 is 0 Å². The van der Waals surface area contributed by atoms with Gasteiger partial charge in [0.05, 0.1) is 0 Å². The Hall–Kier alpha value is -1.56. The molecule has 0 aliphatic rings. The van der Waals surface area contributed by atoms with Crippen LogP contribution in [0.5, 0.6) is 0 Å². The average molecular weight is 240 g/mol. The van der Waals surface area contributed by atoms with E-state index in [0.29, 0.717) is 0 Å². The molecule has 0 saturated heterocycles. The van der Waals surface area contributed by atoms with Crippen molar-refractivity contribution in [2.45, 2.75) is 40.5 Å². The summed E-state index contributed by atoms with van der Waals surface area (Å²) in [6, 6.07) is 17.0. The van der Waals surface area contributed by atoms with E-state index in [1.165, 1.54) is 22.3 Å². The second-order valence-electron chi connectivity index (χ2n) is 4.63. The quantitative estimate of drug-likeness (QED) is 0.684. The van der Waals surface area contributed by atoms with E-state index in [1.54, 1.807) is 0 Å². The molecule has 2 aromatic carbocycles. The van der Waals surface area contributed by atoms with Gasteiger partial charge in [0.15, 0.2) is 0 Å². The van der Waals surface area contributed by atoms with Gasteiger partial charge in [0.1, 0.15) is 0 Å². The first kappa shape index (κ1) is 14.5. The number of rotatable bonds is 2. The van der Waals surface area contributed by atoms with Gasteiger partial charge in [-0.05, 0) is 37.8 Å². The van der Waals surface area contributed by atoms with E-state index in [2.05, 4.69) is 58.0 Å². The average Bonchev–Trinajstić information content (AvgIpc) is 2.40. The predicted molar refractivity (Wildman–Crippen MR) is 81.1 cm³/mol. The Morgan fingerprint density at radius 1 is 0.667 bits per heavy atom. The van der Waals surface area contributed by atoms with Gasteiger partial charge in [-0.1, -0.05) is 73.5 Å². The van der Waals surface area contributed by atoms with Gasteiger partial charge in [-0.3, -0.25) is 0 Å². The molecule has 0 N–H and O–H groups in total. The molecule has 0 saturated carbocycles. The fourth-order valence-corrected chi connectivity index (χ4v) is 1.96. The summed E-state index contributed by atoms with van der Waals surface area (Å²) in [6.45, 7) is 8.66. The minimum Gasteiger partial charge on any atom is -0.0622 e. The van der Waals surface area contributed by atoms with Crippen LogP contribution in [0.4, 0.5) is 0 Å². The highest BCUT2D eigenvalue weighted by atomic mass is 14.0. The Kier molecular flexibility index (Phi) is 6.21. The van der Waals surface area contributed by atoms with Gasteiger partial charge in [0.25, 0.3) is 0 Å². The number of benzene rings is 2. The summed E-state index contributed by atoms with van der Waals surface area (Å²) in [4.78, 5) is 0. The summed E-state index contributed by atoms with van der Waals surface area (Å²) in [5.74, 6) is 0. The summed E-state index contributed by atoms with van der Waals surface area (Å²) in [5.41, 5.74) is 5.70. The van der Waals surface area contributed by atoms with Crippen LogP contribution in [0.15, 0.2) is 48.5 Å². The van der Waals surface area contributed by atoms with Gasteiger partial charge >= 0.3 is 0 Å². The summed E-state index contributed by atoms with van der Waals surface area (Å²) in [5, 5.41) is 0. The van der Waals surface area contributed by atoms with Gasteiger partial charge in [0.2, 0.25) is 0 Å². The fourth-order valence-electron chi connectivity index (χ4n) is 1.96. The van der Waals surface area contributed by atoms with Crippen LogP contribution >= 0.6 is 0 Å². The van der Waals surface area contributed by atoms with Crippen LogP contribution in [0.25, 0.3) is 0 Å². The molecule has 0 bridgehead atoms. The van der Waals surface area contributed by atoms with E-state index in [-0.39, 0.29) is 0 Å². The summed E-state index contributed by atoms with van der Waals surface area (Å²) in [7, 11) is 0. The minimum atomic E-state index is 1.16. The highest BCUT2D eigenvalue weighted by molar-refractivity contribution is 5.31. The van der Waals surface area contributed by atoms with E-state index in [0.717, 1.165) is 12.8 Å². The smallest absolute Gasteiger partial charge is 0.0305 e. The van der Waals surface area contributed by atoms with Gasteiger partial charge in [-0.15, -0.1) is 0 Å². The van der Waals surface area contributed by atoms with E-state index in [4.69, 9.17) is 0 Å². The first-order valence-corrected chi connectivity index (χ1v) is 6.77. The van der Waals surface area contributed by atoms with Crippen molar-refractivity contribution in [1.29, 1.82) is 0 Å². The standard InChI is InChI=1S/C11H16.C7H8/c1-4-10-7-6-9(3)8-11(10)5-2;1-7-5-3-2-4-6-7/h6-8H,4-5H2,1-3H3;2-6H,1H3. The maximum Gasteiger partial charge on any atom is -0.0305 e. The molecule has 0 nitrogen and oxygen atoms in total. The third-order valence-corrected chi connectivity index (χ3v) is 3.06. The third-order valence-electron chi connectivity index (χ3n) is 3.06. The molecule has 2 aromatic rings. The van der Waals surface area contributed by atoms with Crippen molar-refractivity contribution in [3.05, 3.63) is 70.8 Å². The monoisotopic (exact) mass is 240 g/mol. The molecule has 0 aliphatic carbocycles. The number of aryl methyl sites for hydroxylation is 4. The van der Waals surface area contributed by atoms with Crippen LogP contribution in [-0.4, -0.2) is 0 Å². The summed E-state index contributed by atoms with van der Waals surface area (Å²) in [6.07, 6.45) is 2.31. The van der Waals surface area contributed by atoms with Crippen molar-refractivity contribution >= 4 is 0 Å². The highest BCUT2D eigenvalue weighted by Gasteiger charge is 1.97. The molecule has 0 heteroatoms. The van der Waals surface area contributed by atoms with Crippen molar-refractivity contribution in [2.75, 3.05) is 0 Å². The molecule has 0 fully saturated rings. The molecule has 0 spiro atoms. The normalized spacial score (nSPS) is 9.56. The van der Waals surface area contributed by atoms with Crippen LogP contribution in [-0.2, 0) is 12.8 Å². The Morgan fingerprint density at radius 2 is 1.28 bits per heavy atom. The third kappa shape index (κ3) is 4.75. The van der Waals surface area contributed by atoms with E-state index in [1.807, 2.05) is 18.2 Å². The molecule has 0 aromatic heterocycles. The lowest BCUT2D eigenvalue weighted by Crippen LogP contribution is -1.90. The molecule has 0 unspecified atom stereocenters. The molecule has 18 heavy (non-hydrogen) atoms. The molecule has 0 amide bonds. The Balaban J connectivity index is 0.000000199. The SMILES string of the molecule is CCc1ccc(C)cc1CC.Cc1ccccc1. The zero-order valence-corrected chi connectivity index (χ0v) is 12.0. The second kappa shape index (κ2) is 7.71. The van der Waals surface area contributed by atoms with Gasteiger partial charge < -0.3 is 0 Å². The maximum absolute atomic E-state index is 2.29. The Morgan fingerprint density at radius 3 is 1.72 bits per heavy atom. The van der Waals surface area contributed by atoms with Crippen molar-refractivity contribution in [1.82, 2.24) is 0 Å². The largest absolute Gasteiger partial charge is 0.0622 e. The predicted octanol–water partition coefficient (Wildman–Crippen LogP) is 5.11. The van der Waals surface area contributed by atoms with Crippen LogP contribution in [0.3, 0.4) is 0 Å². The van der Waals surface area contributed by atoms with Crippen LogP contribution in [0.2, 0.25) is 0 Å². The van der Waals surface area contributed by atoms with Gasteiger partial charge in [-0.25, -0.2) is 0 Å². The van der Waals surface area contributed by atoms with Crippen molar-refractivity contribution in [3.63, 3.8) is 0 Å². The van der Waals surface area contributed by atoms with Gasteiger partial charge in [-0.2, -0.15) is 0 Å². The van der Waals surface area contributed by atoms with Crippen LogP contribution in [0.1, 0.15) is 36.1 Å². The number of hydrogen-bond donors (Lipinski definition) is 0. The minimum absolute atomic E-state index is 1.16.